The normalized spacial score (nSPS) is 19.4. The van der Waals surface area contributed by atoms with Crippen LogP contribution in [0.25, 0.3) is 0 Å². The van der Waals surface area contributed by atoms with Gasteiger partial charge in [-0.25, -0.2) is 0 Å². The zero-order valence-corrected chi connectivity index (χ0v) is 10.3. The number of aryl methyl sites for hydroxylation is 1. The van der Waals surface area contributed by atoms with E-state index < -0.39 is 0 Å². The number of rotatable bonds is 1. The molecule has 1 aromatic carbocycles. The second kappa shape index (κ2) is 4.91. The molecule has 2 aliphatic rings. The third-order valence-corrected chi connectivity index (χ3v) is 3.80. The van der Waals surface area contributed by atoms with Crippen molar-refractivity contribution in [2.24, 2.45) is 4.99 Å². The molecule has 1 aliphatic carbocycles. The van der Waals surface area contributed by atoms with E-state index in [0.717, 1.165) is 13.0 Å². The molecule has 90 valence electrons. The van der Waals surface area contributed by atoms with Crippen LogP contribution < -0.4 is 5.32 Å². The fourth-order valence-electron chi connectivity index (χ4n) is 2.85. The minimum Gasteiger partial charge on any atom is -0.344 e. The highest BCUT2D eigenvalue weighted by Gasteiger charge is 2.14. The molecule has 0 spiro atoms. The van der Waals surface area contributed by atoms with Gasteiger partial charge >= 0.3 is 0 Å². The molecule has 0 saturated carbocycles. The highest BCUT2D eigenvalue weighted by Crippen LogP contribution is 2.28. The maximum absolute atomic E-state index is 4.58. The zero-order chi connectivity index (χ0) is 11.5. The smallest absolute Gasteiger partial charge is 0.101 e. The van der Waals surface area contributed by atoms with Crippen LogP contribution in [0.1, 0.15) is 43.2 Å². The molecule has 0 fully saturated rings. The minimum atomic E-state index is 0.997. The highest BCUT2D eigenvalue weighted by molar-refractivity contribution is 5.96. The molecule has 0 radical (unpaired) electrons. The Bertz CT molecular complexity index is 435. The number of aliphatic imine (C=N–C) groups is 1. The summed E-state index contributed by atoms with van der Waals surface area (Å²) in [6, 6.07) is 6.67. The van der Waals surface area contributed by atoms with Gasteiger partial charge in [-0.05, 0) is 55.7 Å². The molecular weight excluding hydrogens is 208 g/mol. The van der Waals surface area contributed by atoms with Gasteiger partial charge in [0.1, 0.15) is 5.84 Å². The van der Waals surface area contributed by atoms with Gasteiger partial charge in [0.25, 0.3) is 0 Å². The lowest BCUT2D eigenvalue weighted by Gasteiger charge is -2.21. The average Bonchev–Trinajstić information content (AvgIpc) is 2.40. The number of nitrogens with zero attached hydrogens (tertiary/aromatic N) is 1. The summed E-state index contributed by atoms with van der Waals surface area (Å²) >= 11 is 0. The number of nitrogens with one attached hydrogen (secondary N) is 1. The Hall–Kier alpha value is -1.31. The van der Waals surface area contributed by atoms with Gasteiger partial charge in [0, 0.05) is 18.7 Å². The van der Waals surface area contributed by atoms with E-state index >= 15 is 0 Å². The van der Waals surface area contributed by atoms with E-state index in [0.29, 0.717) is 0 Å². The summed E-state index contributed by atoms with van der Waals surface area (Å²) in [5, 5.41) is 3.56. The van der Waals surface area contributed by atoms with Crippen molar-refractivity contribution in [3.8, 4) is 0 Å². The van der Waals surface area contributed by atoms with Crippen LogP contribution in [0.2, 0.25) is 0 Å². The molecule has 2 heteroatoms. The second-order valence-corrected chi connectivity index (χ2v) is 5.06. The summed E-state index contributed by atoms with van der Waals surface area (Å²) in [5.41, 5.74) is 4.38. The van der Waals surface area contributed by atoms with E-state index in [1.54, 1.807) is 0 Å². The first-order chi connectivity index (χ1) is 8.43. The molecule has 1 aromatic rings. The van der Waals surface area contributed by atoms with Gasteiger partial charge in [-0.3, -0.25) is 4.99 Å². The molecule has 2 nitrogen and oxygen atoms in total. The summed E-state index contributed by atoms with van der Waals surface area (Å²) in [4.78, 5) is 4.58. The molecule has 0 unspecified atom stereocenters. The summed E-state index contributed by atoms with van der Waals surface area (Å²) in [6.45, 7) is 0.997. The highest BCUT2D eigenvalue weighted by atomic mass is 15.0. The SMILES string of the molecule is c1cc2c(c(NC3=NCCCC3)c1)CCCC2. The Kier molecular flexibility index (Phi) is 3.12. The molecule has 0 aromatic heterocycles. The molecule has 0 atom stereocenters. The van der Waals surface area contributed by atoms with Crippen molar-refractivity contribution in [2.75, 3.05) is 11.9 Å². The number of anilines is 1. The molecule has 0 amide bonds. The molecule has 0 bridgehead atoms. The number of hydrogen-bond donors (Lipinski definition) is 1. The average molecular weight is 228 g/mol. The van der Waals surface area contributed by atoms with Crippen LogP contribution in [0.3, 0.4) is 0 Å². The number of fused-ring (bicyclic) bond motifs is 1. The third kappa shape index (κ3) is 2.36. The lowest BCUT2D eigenvalue weighted by atomic mass is 9.90. The monoisotopic (exact) mass is 228 g/mol. The Morgan fingerprint density at radius 3 is 2.71 bits per heavy atom. The van der Waals surface area contributed by atoms with Gasteiger partial charge in [0.2, 0.25) is 0 Å². The number of benzene rings is 1. The first-order valence-corrected chi connectivity index (χ1v) is 6.84. The van der Waals surface area contributed by atoms with E-state index in [1.165, 1.54) is 61.2 Å². The van der Waals surface area contributed by atoms with E-state index in [2.05, 4.69) is 28.5 Å². The maximum atomic E-state index is 4.58. The second-order valence-electron chi connectivity index (χ2n) is 5.06. The van der Waals surface area contributed by atoms with Gasteiger partial charge in [0.05, 0.1) is 0 Å². The summed E-state index contributed by atoms with van der Waals surface area (Å²) < 4.78 is 0. The van der Waals surface area contributed by atoms with Gasteiger partial charge in [-0.1, -0.05) is 12.1 Å². The van der Waals surface area contributed by atoms with Crippen molar-refractivity contribution < 1.29 is 0 Å². The first-order valence-electron chi connectivity index (χ1n) is 6.84. The first kappa shape index (κ1) is 10.8. The number of hydrogen-bond acceptors (Lipinski definition) is 2. The predicted molar refractivity (Wildman–Crippen MR) is 72.9 cm³/mol. The fraction of sp³-hybridized carbons (Fsp3) is 0.533. The van der Waals surface area contributed by atoms with Gasteiger partial charge < -0.3 is 5.32 Å². The van der Waals surface area contributed by atoms with E-state index in [-0.39, 0.29) is 0 Å². The minimum absolute atomic E-state index is 0.997. The van der Waals surface area contributed by atoms with Crippen LogP contribution in [0.5, 0.6) is 0 Å². The number of amidine groups is 1. The molecule has 1 aliphatic heterocycles. The van der Waals surface area contributed by atoms with Crippen molar-refractivity contribution in [2.45, 2.75) is 44.9 Å². The summed E-state index contributed by atoms with van der Waals surface area (Å²) in [6.07, 6.45) is 8.79. The van der Waals surface area contributed by atoms with Crippen molar-refractivity contribution in [3.63, 3.8) is 0 Å². The van der Waals surface area contributed by atoms with Crippen LogP contribution >= 0.6 is 0 Å². The molecule has 17 heavy (non-hydrogen) atoms. The van der Waals surface area contributed by atoms with E-state index in [1.807, 2.05) is 0 Å². The molecule has 1 N–H and O–H groups in total. The van der Waals surface area contributed by atoms with Crippen molar-refractivity contribution >= 4 is 11.5 Å². The Morgan fingerprint density at radius 1 is 0.941 bits per heavy atom. The van der Waals surface area contributed by atoms with E-state index in [9.17, 15) is 0 Å². The predicted octanol–water partition coefficient (Wildman–Crippen LogP) is 3.56. The van der Waals surface area contributed by atoms with Crippen molar-refractivity contribution in [1.29, 1.82) is 0 Å². The van der Waals surface area contributed by atoms with Crippen LogP contribution in [-0.2, 0) is 12.8 Å². The summed E-state index contributed by atoms with van der Waals surface area (Å²) in [5.74, 6) is 1.19. The molecule has 3 rings (SSSR count). The maximum Gasteiger partial charge on any atom is 0.101 e. The topological polar surface area (TPSA) is 24.4 Å². The largest absolute Gasteiger partial charge is 0.344 e. The van der Waals surface area contributed by atoms with Crippen LogP contribution in [0, 0.1) is 0 Å². The van der Waals surface area contributed by atoms with Crippen LogP contribution in [-0.4, -0.2) is 12.4 Å². The fourth-order valence-corrected chi connectivity index (χ4v) is 2.85. The van der Waals surface area contributed by atoms with Gasteiger partial charge in [-0.15, -0.1) is 0 Å². The van der Waals surface area contributed by atoms with Crippen LogP contribution in [0.15, 0.2) is 23.2 Å². The van der Waals surface area contributed by atoms with Gasteiger partial charge in [0.15, 0.2) is 0 Å². The lowest BCUT2D eigenvalue weighted by Crippen LogP contribution is -2.18. The third-order valence-electron chi connectivity index (χ3n) is 3.80. The molecule has 1 heterocycles. The quantitative estimate of drug-likeness (QED) is 0.781. The van der Waals surface area contributed by atoms with E-state index in [4.69, 9.17) is 0 Å². The van der Waals surface area contributed by atoms with Crippen molar-refractivity contribution in [1.82, 2.24) is 0 Å². The van der Waals surface area contributed by atoms with Crippen LogP contribution in [0.4, 0.5) is 5.69 Å². The Labute approximate surface area is 103 Å². The van der Waals surface area contributed by atoms with Gasteiger partial charge in [-0.2, -0.15) is 0 Å². The standard InChI is InChI=1S/C15H20N2/c1-2-8-13-12(6-1)7-5-9-14(13)17-15-10-3-4-11-16-15/h5,7,9H,1-4,6,8,10-11H2,(H,16,17). The zero-order valence-electron chi connectivity index (χ0n) is 10.3. The van der Waals surface area contributed by atoms with Crippen molar-refractivity contribution in [3.05, 3.63) is 29.3 Å². The Morgan fingerprint density at radius 2 is 1.82 bits per heavy atom. The molecular formula is C15H20N2. The Balaban J connectivity index is 1.85. The lowest BCUT2D eigenvalue weighted by molar-refractivity contribution is 0.686. The molecule has 0 saturated heterocycles. The summed E-state index contributed by atoms with van der Waals surface area (Å²) in [7, 11) is 0.